The Labute approximate surface area is 113 Å². The number of carbonyl (C=O) groups is 1. The summed E-state index contributed by atoms with van der Waals surface area (Å²) in [5.74, 6) is -0.152. The van der Waals surface area contributed by atoms with Crippen molar-refractivity contribution in [2.24, 2.45) is 0 Å². The number of benzene rings is 1. The van der Waals surface area contributed by atoms with E-state index in [2.05, 4.69) is 12.2 Å². The van der Waals surface area contributed by atoms with E-state index in [4.69, 9.17) is 0 Å². The van der Waals surface area contributed by atoms with Gasteiger partial charge in [0.1, 0.15) is 5.82 Å². The molecule has 1 aromatic carbocycles. The molecule has 1 aliphatic rings. The molecule has 0 aliphatic carbocycles. The van der Waals surface area contributed by atoms with E-state index in [9.17, 15) is 9.18 Å². The van der Waals surface area contributed by atoms with Crippen molar-refractivity contribution in [3.63, 3.8) is 0 Å². The zero-order valence-electron chi connectivity index (χ0n) is 11.6. The number of nitrogens with zero attached hydrogens (tertiary/aromatic N) is 1. The number of amides is 1. The molecule has 0 bridgehead atoms. The van der Waals surface area contributed by atoms with Crippen LogP contribution in [0.2, 0.25) is 0 Å². The molecule has 19 heavy (non-hydrogen) atoms. The molecule has 1 heterocycles. The molecular weight excluding hydrogens is 243 g/mol. The van der Waals surface area contributed by atoms with Crippen LogP contribution in [0, 0.1) is 12.7 Å². The smallest absolute Gasteiger partial charge is 0.244 e. The highest BCUT2D eigenvalue weighted by Gasteiger charge is 2.29. The van der Waals surface area contributed by atoms with Crippen molar-refractivity contribution in [3.8, 4) is 0 Å². The van der Waals surface area contributed by atoms with E-state index in [1.807, 2.05) is 6.92 Å². The first-order valence-electron chi connectivity index (χ1n) is 6.94. The number of rotatable bonds is 4. The highest BCUT2D eigenvalue weighted by atomic mass is 19.1. The first kappa shape index (κ1) is 14.0. The topological polar surface area (TPSA) is 32.3 Å². The van der Waals surface area contributed by atoms with Crippen LogP contribution in [0.4, 0.5) is 10.1 Å². The Kier molecular flexibility index (Phi) is 4.53. The minimum atomic E-state index is -0.258. The lowest BCUT2D eigenvalue weighted by Crippen LogP contribution is -2.51. The summed E-state index contributed by atoms with van der Waals surface area (Å²) in [4.78, 5) is 14.2. The van der Waals surface area contributed by atoms with E-state index in [1.165, 1.54) is 12.1 Å². The monoisotopic (exact) mass is 264 g/mol. The molecule has 3 nitrogen and oxygen atoms in total. The van der Waals surface area contributed by atoms with E-state index in [-0.39, 0.29) is 17.8 Å². The number of hydrogen-bond acceptors (Lipinski definition) is 2. The van der Waals surface area contributed by atoms with Crippen molar-refractivity contribution in [3.05, 3.63) is 29.6 Å². The third-order valence-electron chi connectivity index (χ3n) is 3.53. The summed E-state index contributed by atoms with van der Waals surface area (Å²) in [6.07, 6.45) is 2.87. The molecule has 104 valence electrons. The van der Waals surface area contributed by atoms with Crippen LogP contribution in [0.5, 0.6) is 0 Å². The van der Waals surface area contributed by atoms with E-state index < -0.39 is 0 Å². The summed E-state index contributed by atoms with van der Waals surface area (Å²) in [7, 11) is 0. The molecule has 1 saturated heterocycles. The van der Waals surface area contributed by atoms with Gasteiger partial charge in [-0.3, -0.25) is 4.79 Å². The maximum absolute atomic E-state index is 13.1. The van der Waals surface area contributed by atoms with Gasteiger partial charge in [-0.05, 0) is 56.5 Å². The van der Waals surface area contributed by atoms with Gasteiger partial charge in [-0.1, -0.05) is 6.92 Å². The summed E-state index contributed by atoms with van der Waals surface area (Å²) >= 11 is 0. The predicted molar refractivity (Wildman–Crippen MR) is 74.8 cm³/mol. The van der Waals surface area contributed by atoms with Gasteiger partial charge >= 0.3 is 0 Å². The molecule has 0 aromatic heterocycles. The maximum atomic E-state index is 13.1. The van der Waals surface area contributed by atoms with E-state index >= 15 is 0 Å². The van der Waals surface area contributed by atoms with Crippen LogP contribution in [0.25, 0.3) is 0 Å². The summed E-state index contributed by atoms with van der Waals surface area (Å²) in [6, 6.07) is 4.49. The Morgan fingerprint density at radius 1 is 1.47 bits per heavy atom. The molecule has 1 fully saturated rings. The van der Waals surface area contributed by atoms with Gasteiger partial charge in [0.15, 0.2) is 0 Å². The van der Waals surface area contributed by atoms with Crippen LogP contribution in [-0.4, -0.2) is 25.0 Å². The van der Waals surface area contributed by atoms with Gasteiger partial charge in [-0.15, -0.1) is 0 Å². The van der Waals surface area contributed by atoms with Crippen molar-refractivity contribution >= 4 is 11.6 Å². The second-order valence-electron chi connectivity index (χ2n) is 5.07. The number of carbonyl (C=O) groups excluding carboxylic acids is 1. The molecule has 1 unspecified atom stereocenters. The van der Waals surface area contributed by atoms with Crippen LogP contribution in [0.15, 0.2) is 18.2 Å². The minimum Gasteiger partial charge on any atom is -0.311 e. The fourth-order valence-electron chi connectivity index (χ4n) is 2.54. The quantitative estimate of drug-likeness (QED) is 0.906. The summed E-state index contributed by atoms with van der Waals surface area (Å²) in [5, 5.41) is 3.29. The van der Waals surface area contributed by atoms with E-state index in [1.54, 1.807) is 11.0 Å². The van der Waals surface area contributed by atoms with Crippen LogP contribution >= 0.6 is 0 Å². The lowest BCUT2D eigenvalue weighted by molar-refractivity contribution is -0.121. The van der Waals surface area contributed by atoms with Crippen molar-refractivity contribution in [2.45, 2.75) is 39.2 Å². The molecule has 4 heteroatoms. The van der Waals surface area contributed by atoms with Gasteiger partial charge < -0.3 is 10.2 Å². The fourth-order valence-corrected chi connectivity index (χ4v) is 2.54. The van der Waals surface area contributed by atoms with Crippen molar-refractivity contribution in [2.75, 3.05) is 18.0 Å². The molecule has 1 atom stereocenters. The Morgan fingerprint density at radius 2 is 2.26 bits per heavy atom. The Bertz CT molecular complexity index is 461. The number of piperidine rings is 1. The molecular formula is C15H21FN2O. The Morgan fingerprint density at radius 3 is 2.95 bits per heavy atom. The summed E-state index contributed by atoms with van der Waals surface area (Å²) in [6.45, 7) is 5.50. The van der Waals surface area contributed by atoms with Gasteiger partial charge in [0.05, 0.1) is 6.04 Å². The highest BCUT2D eigenvalue weighted by Crippen LogP contribution is 2.25. The second kappa shape index (κ2) is 6.15. The first-order valence-corrected chi connectivity index (χ1v) is 6.94. The zero-order chi connectivity index (χ0) is 13.8. The zero-order valence-corrected chi connectivity index (χ0v) is 11.6. The van der Waals surface area contributed by atoms with Gasteiger partial charge in [-0.2, -0.15) is 0 Å². The standard InChI is InChI=1S/C15H21FN2O/c1-3-8-17-13-5-4-9-18(15(13)19)14-7-6-12(16)10-11(14)2/h6-7,10,13,17H,3-5,8-9H2,1-2H3. The molecule has 1 amide bonds. The van der Waals surface area contributed by atoms with Crippen LogP contribution in [0.1, 0.15) is 31.7 Å². The van der Waals surface area contributed by atoms with Gasteiger partial charge in [0.2, 0.25) is 5.91 Å². The summed E-state index contributed by atoms with van der Waals surface area (Å²) in [5.41, 5.74) is 1.64. The largest absolute Gasteiger partial charge is 0.311 e. The fraction of sp³-hybridized carbons (Fsp3) is 0.533. The van der Waals surface area contributed by atoms with Crippen LogP contribution in [-0.2, 0) is 4.79 Å². The molecule has 1 N–H and O–H groups in total. The van der Waals surface area contributed by atoms with Crippen molar-refractivity contribution < 1.29 is 9.18 Å². The average Bonchev–Trinajstić information content (AvgIpc) is 2.38. The van der Waals surface area contributed by atoms with Gasteiger partial charge in [0.25, 0.3) is 0 Å². The van der Waals surface area contributed by atoms with E-state index in [0.29, 0.717) is 0 Å². The van der Waals surface area contributed by atoms with Crippen molar-refractivity contribution in [1.29, 1.82) is 0 Å². The van der Waals surface area contributed by atoms with Gasteiger partial charge in [-0.25, -0.2) is 4.39 Å². The number of hydrogen-bond donors (Lipinski definition) is 1. The highest BCUT2D eigenvalue weighted by molar-refractivity contribution is 5.98. The second-order valence-corrected chi connectivity index (χ2v) is 5.07. The summed E-state index contributed by atoms with van der Waals surface area (Å²) < 4.78 is 13.1. The lowest BCUT2D eigenvalue weighted by atomic mass is 10.0. The molecule has 2 rings (SSSR count). The third kappa shape index (κ3) is 3.13. The lowest BCUT2D eigenvalue weighted by Gasteiger charge is -2.33. The number of aryl methyl sites for hydroxylation is 1. The van der Waals surface area contributed by atoms with Crippen LogP contribution in [0.3, 0.4) is 0 Å². The Balaban J connectivity index is 2.17. The minimum absolute atomic E-state index is 0.0989. The third-order valence-corrected chi connectivity index (χ3v) is 3.53. The Hall–Kier alpha value is -1.42. The van der Waals surface area contributed by atoms with Crippen LogP contribution < -0.4 is 10.2 Å². The van der Waals surface area contributed by atoms with Crippen molar-refractivity contribution in [1.82, 2.24) is 5.32 Å². The number of nitrogens with one attached hydrogen (secondary N) is 1. The molecule has 1 aromatic rings. The average molecular weight is 264 g/mol. The number of halogens is 1. The molecule has 0 saturated carbocycles. The predicted octanol–water partition coefficient (Wildman–Crippen LogP) is 2.63. The normalized spacial score (nSPS) is 19.8. The van der Waals surface area contributed by atoms with E-state index in [0.717, 1.165) is 43.6 Å². The molecule has 1 aliphatic heterocycles. The molecule has 0 radical (unpaired) electrons. The number of anilines is 1. The SMILES string of the molecule is CCCNC1CCCN(c2ccc(F)cc2C)C1=O. The molecule has 0 spiro atoms. The first-order chi connectivity index (χ1) is 9.13. The maximum Gasteiger partial charge on any atom is 0.244 e. The van der Waals surface area contributed by atoms with Gasteiger partial charge in [0, 0.05) is 12.2 Å².